The van der Waals surface area contributed by atoms with E-state index < -0.39 is 11.7 Å². The molecular formula is C28H26F3N3O2. The molecule has 1 aliphatic heterocycles. The lowest BCUT2D eigenvalue weighted by atomic mass is 9.99. The molecule has 0 bridgehead atoms. The van der Waals surface area contributed by atoms with E-state index >= 15 is 0 Å². The van der Waals surface area contributed by atoms with Crippen LogP contribution in [-0.4, -0.2) is 29.8 Å². The van der Waals surface area contributed by atoms with Gasteiger partial charge in [-0.3, -0.25) is 9.36 Å². The molecule has 1 fully saturated rings. The second kappa shape index (κ2) is 9.78. The van der Waals surface area contributed by atoms with Crippen molar-refractivity contribution in [2.45, 2.75) is 25.6 Å². The smallest absolute Gasteiger partial charge is 0.416 e. The van der Waals surface area contributed by atoms with Crippen LogP contribution < -0.4 is 15.6 Å². The molecule has 36 heavy (non-hydrogen) atoms. The van der Waals surface area contributed by atoms with Gasteiger partial charge in [0.15, 0.2) is 0 Å². The van der Waals surface area contributed by atoms with Gasteiger partial charge in [0.1, 0.15) is 11.6 Å². The maximum Gasteiger partial charge on any atom is 0.416 e. The molecule has 5 nitrogen and oxygen atoms in total. The van der Waals surface area contributed by atoms with Crippen LogP contribution in [0.15, 0.2) is 71.5 Å². The number of aromatic nitrogens is 2. The standard InChI is InChI=1S/C28H26F3N3O2/c1-36-25-7-3-2-6-22(25)26-33-24-13-10-20(19-8-11-21(12-9-19)28(29,30)31)15-23(24)27(35)34(26)17-18-5-4-14-32-16-18/h2-3,6-13,15,18,32H,4-5,14,16-17H2,1H3. The predicted molar refractivity (Wildman–Crippen MR) is 134 cm³/mol. The van der Waals surface area contributed by atoms with Crippen molar-refractivity contribution in [3.05, 3.63) is 82.6 Å². The van der Waals surface area contributed by atoms with Crippen LogP contribution in [0, 0.1) is 5.92 Å². The first-order valence-corrected chi connectivity index (χ1v) is 11.9. The van der Waals surface area contributed by atoms with Crippen LogP contribution in [0.25, 0.3) is 33.4 Å². The van der Waals surface area contributed by atoms with Crippen molar-refractivity contribution in [3.8, 4) is 28.3 Å². The minimum absolute atomic E-state index is 0.180. The number of halogens is 3. The average Bonchev–Trinajstić information content (AvgIpc) is 2.90. The molecule has 1 N–H and O–H groups in total. The SMILES string of the molecule is COc1ccccc1-c1nc2ccc(-c3ccc(C(F)(F)F)cc3)cc2c(=O)n1CC1CCCNC1. The summed E-state index contributed by atoms with van der Waals surface area (Å²) >= 11 is 0. The molecule has 8 heteroatoms. The van der Waals surface area contributed by atoms with Gasteiger partial charge in [-0.2, -0.15) is 13.2 Å². The third kappa shape index (κ3) is 4.73. The Kier molecular flexibility index (Phi) is 6.53. The Bertz CT molecular complexity index is 1440. The first-order chi connectivity index (χ1) is 17.3. The second-order valence-electron chi connectivity index (χ2n) is 9.07. The van der Waals surface area contributed by atoms with E-state index in [-0.39, 0.29) is 11.5 Å². The molecule has 0 saturated carbocycles. The molecule has 4 aromatic rings. The van der Waals surface area contributed by atoms with Gasteiger partial charge in [-0.25, -0.2) is 4.98 Å². The zero-order chi connectivity index (χ0) is 25.3. The van der Waals surface area contributed by atoms with Gasteiger partial charge in [0, 0.05) is 6.54 Å². The van der Waals surface area contributed by atoms with Crippen LogP contribution in [0.3, 0.4) is 0 Å². The number of alkyl halides is 3. The highest BCUT2D eigenvalue weighted by Gasteiger charge is 2.30. The second-order valence-corrected chi connectivity index (χ2v) is 9.07. The van der Waals surface area contributed by atoms with E-state index in [9.17, 15) is 18.0 Å². The fraction of sp³-hybridized carbons (Fsp3) is 0.286. The fourth-order valence-electron chi connectivity index (χ4n) is 4.79. The highest BCUT2D eigenvalue weighted by molar-refractivity contribution is 5.85. The Morgan fingerprint density at radius 2 is 1.81 bits per heavy atom. The van der Waals surface area contributed by atoms with Gasteiger partial charge < -0.3 is 10.1 Å². The fourth-order valence-corrected chi connectivity index (χ4v) is 4.79. The van der Waals surface area contributed by atoms with Crippen LogP contribution >= 0.6 is 0 Å². The molecule has 1 saturated heterocycles. The Hall–Kier alpha value is -3.65. The normalized spacial score (nSPS) is 16.3. The number of nitrogens with zero attached hydrogens (tertiary/aromatic N) is 2. The highest BCUT2D eigenvalue weighted by Crippen LogP contribution is 2.33. The van der Waals surface area contributed by atoms with E-state index in [1.807, 2.05) is 24.3 Å². The third-order valence-electron chi connectivity index (χ3n) is 6.69. The van der Waals surface area contributed by atoms with Crippen LogP contribution in [0.2, 0.25) is 0 Å². The zero-order valence-corrected chi connectivity index (χ0v) is 19.8. The summed E-state index contributed by atoms with van der Waals surface area (Å²) in [5.74, 6) is 1.45. The van der Waals surface area contributed by atoms with Gasteiger partial charge in [0.05, 0.1) is 29.1 Å². The number of benzene rings is 3. The number of hydrogen-bond acceptors (Lipinski definition) is 4. The van der Waals surface area contributed by atoms with E-state index in [1.165, 1.54) is 12.1 Å². The van der Waals surface area contributed by atoms with Crippen LogP contribution in [0.4, 0.5) is 13.2 Å². The molecule has 0 spiro atoms. The van der Waals surface area contributed by atoms with Crippen molar-refractivity contribution in [2.75, 3.05) is 20.2 Å². The zero-order valence-electron chi connectivity index (χ0n) is 19.8. The molecule has 2 heterocycles. The topological polar surface area (TPSA) is 56.1 Å². The van der Waals surface area contributed by atoms with Gasteiger partial charge in [-0.05, 0) is 79.4 Å². The predicted octanol–water partition coefficient (Wildman–Crippen LogP) is 5.76. The largest absolute Gasteiger partial charge is 0.496 e. The minimum Gasteiger partial charge on any atom is -0.496 e. The van der Waals surface area contributed by atoms with Crippen molar-refractivity contribution in [3.63, 3.8) is 0 Å². The molecule has 1 aromatic heterocycles. The molecule has 0 radical (unpaired) electrons. The highest BCUT2D eigenvalue weighted by atomic mass is 19.4. The molecule has 0 amide bonds. The Labute approximate surface area is 206 Å². The van der Waals surface area contributed by atoms with Crippen molar-refractivity contribution in [1.82, 2.24) is 14.9 Å². The van der Waals surface area contributed by atoms with Crippen molar-refractivity contribution < 1.29 is 17.9 Å². The quantitative estimate of drug-likeness (QED) is 0.384. The molecule has 0 aliphatic carbocycles. The molecule has 186 valence electrons. The molecule has 1 unspecified atom stereocenters. The first kappa shape index (κ1) is 24.1. The third-order valence-corrected chi connectivity index (χ3v) is 6.69. The van der Waals surface area contributed by atoms with Crippen LogP contribution in [-0.2, 0) is 12.7 Å². The van der Waals surface area contributed by atoms with E-state index in [1.54, 1.807) is 29.9 Å². The number of methoxy groups -OCH3 is 1. The average molecular weight is 494 g/mol. The van der Waals surface area contributed by atoms with Crippen molar-refractivity contribution in [1.29, 1.82) is 0 Å². The number of piperidine rings is 1. The van der Waals surface area contributed by atoms with Crippen molar-refractivity contribution in [2.24, 2.45) is 5.92 Å². The number of hydrogen-bond donors (Lipinski definition) is 1. The van der Waals surface area contributed by atoms with E-state index in [0.717, 1.165) is 43.6 Å². The molecule has 1 aliphatic rings. The maximum absolute atomic E-state index is 13.9. The number of nitrogens with one attached hydrogen (secondary N) is 1. The lowest BCUT2D eigenvalue weighted by molar-refractivity contribution is -0.137. The molecule has 3 aromatic carbocycles. The number of ether oxygens (including phenoxy) is 1. The van der Waals surface area contributed by atoms with Crippen LogP contribution in [0.1, 0.15) is 18.4 Å². The molecule has 1 atom stereocenters. The lowest BCUT2D eigenvalue weighted by Gasteiger charge is -2.25. The van der Waals surface area contributed by atoms with E-state index in [2.05, 4.69) is 5.32 Å². The summed E-state index contributed by atoms with van der Waals surface area (Å²) in [7, 11) is 1.59. The number of para-hydroxylation sites is 1. The summed E-state index contributed by atoms with van der Waals surface area (Å²) in [4.78, 5) is 18.8. The van der Waals surface area contributed by atoms with Gasteiger partial charge >= 0.3 is 6.18 Å². The van der Waals surface area contributed by atoms with E-state index in [0.29, 0.717) is 40.1 Å². The summed E-state index contributed by atoms with van der Waals surface area (Å²) in [5, 5.41) is 3.82. The Morgan fingerprint density at radius 3 is 2.50 bits per heavy atom. The summed E-state index contributed by atoms with van der Waals surface area (Å²) in [5.41, 5.74) is 1.62. The van der Waals surface area contributed by atoms with Crippen molar-refractivity contribution >= 4 is 10.9 Å². The molecule has 5 rings (SSSR count). The Morgan fingerprint density at radius 1 is 1.06 bits per heavy atom. The van der Waals surface area contributed by atoms with Gasteiger partial charge in [0.25, 0.3) is 5.56 Å². The number of fused-ring (bicyclic) bond motifs is 1. The van der Waals surface area contributed by atoms with E-state index in [4.69, 9.17) is 9.72 Å². The first-order valence-electron chi connectivity index (χ1n) is 11.9. The summed E-state index contributed by atoms with van der Waals surface area (Å²) in [6, 6.07) is 17.7. The molecular weight excluding hydrogens is 467 g/mol. The summed E-state index contributed by atoms with van der Waals surface area (Å²) in [6.45, 7) is 2.30. The Balaban J connectivity index is 1.64. The lowest BCUT2D eigenvalue weighted by Crippen LogP contribution is -2.35. The summed E-state index contributed by atoms with van der Waals surface area (Å²) in [6.07, 6.45) is -2.35. The van der Waals surface area contributed by atoms with Gasteiger partial charge in [-0.1, -0.05) is 30.3 Å². The monoisotopic (exact) mass is 493 g/mol. The maximum atomic E-state index is 13.9. The summed E-state index contributed by atoms with van der Waals surface area (Å²) < 4.78 is 46.2. The van der Waals surface area contributed by atoms with Gasteiger partial charge in [0.2, 0.25) is 0 Å². The van der Waals surface area contributed by atoms with Gasteiger partial charge in [-0.15, -0.1) is 0 Å². The minimum atomic E-state index is -4.40. The number of rotatable bonds is 5. The van der Waals surface area contributed by atoms with Crippen LogP contribution in [0.5, 0.6) is 5.75 Å².